The Labute approximate surface area is 89.5 Å². The van der Waals surface area contributed by atoms with Gasteiger partial charge in [0, 0.05) is 0 Å². The van der Waals surface area contributed by atoms with Gasteiger partial charge in [-0.05, 0) is 25.2 Å². The fraction of sp³-hybridized carbons (Fsp3) is 0.200. The molecule has 1 heterocycles. The van der Waals surface area contributed by atoms with Gasteiger partial charge >= 0.3 is 5.69 Å². The number of nitrogens with one attached hydrogen (secondary N) is 2. The molecule has 2 N–H and O–H groups in total. The quantitative estimate of drug-likeness (QED) is 0.753. The maximum absolute atomic E-state index is 12.9. The van der Waals surface area contributed by atoms with Crippen LogP contribution < -0.4 is 16.6 Å². The van der Waals surface area contributed by atoms with E-state index in [9.17, 15) is 14.0 Å². The van der Waals surface area contributed by atoms with Gasteiger partial charge < -0.3 is 10.3 Å². The lowest BCUT2D eigenvalue weighted by atomic mass is 10.2. The first-order valence-electron chi connectivity index (χ1n) is 4.70. The van der Waals surface area contributed by atoms with Crippen LogP contribution in [-0.4, -0.2) is 16.6 Å². The minimum atomic E-state index is -0.558. The molecular weight excluding hydrogens is 213 g/mol. The molecule has 16 heavy (non-hydrogen) atoms. The van der Waals surface area contributed by atoms with Crippen LogP contribution in [0.5, 0.6) is 0 Å². The standard InChI is InChI=1S/C10H10FN3O2/c1-12-5-14-9(15)7-3-2-6(11)4-8(7)13-10(14)16/h2-4,12H,5H2,1H3,(H,13,16). The Morgan fingerprint density at radius 3 is 2.88 bits per heavy atom. The van der Waals surface area contributed by atoms with Crippen molar-refractivity contribution >= 4 is 10.9 Å². The Hall–Kier alpha value is -1.95. The lowest BCUT2D eigenvalue weighted by Crippen LogP contribution is -2.38. The van der Waals surface area contributed by atoms with Crippen molar-refractivity contribution in [2.75, 3.05) is 7.05 Å². The predicted octanol–water partition coefficient (Wildman–Crippen LogP) is 0.00580. The van der Waals surface area contributed by atoms with Gasteiger partial charge in [-0.15, -0.1) is 0 Å². The molecule has 0 fully saturated rings. The number of hydrogen-bond donors (Lipinski definition) is 2. The van der Waals surface area contributed by atoms with Crippen molar-refractivity contribution in [3.05, 3.63) is 44.9 Å². The minimum absolute atomic E-state index is 0.113. The zero-order valence-corrected chi connectivity index (χ0v) is 8.58. The summed E-state index contributed by atoms with van der Waals surface area (Å²) in [5.41, 5.74) is -0.784. The Bertz CT molecular complexity index is 645. The molecule has 2 aromatic rings. The molecular formula is C10H10FN3O2. The van der Waals surface area contributed by atoms with Gasteiger partial charge in [-0.25, -0.2) is 13.8 Å². The number of aromatic amines is 1. The number of nitrogens with zero attached hydrogens (tertiary/aromatic N) is 1. The first-order valence-corrected chi connectivity index (χ1v) is 4.70. The highest BCUT2D eigenvalue weighted by molar-refractivity contribution is 5.77. The number of aromatic nitrogens is 2. The molecule has 0 unspecified atom stereocenters. The lowest BCUT2D eigenvalue weighted by Gasteiger charge is -2.04. The largest absolute Gasteiger partial charge is 0.329 e. The van der Waals surface area contributed by atoms with E-state index in [1.807, 2.05) is 0 Å². The van der Waals surface area contributed by atoms with E-state index in [1.165, 1.54) is 12.1 Å². The van der Waals surface area contributed by atoms with Crippen molar-refractivity contribution in [3.63, 3.8) is 0 Å². The fourth-order valence-corrected chi connectivity index (χ4v) is 1.53. The van der Waals surface area contributed by atoms with Gasteiger partial charge in [0.05, 0.1) is 17.6 Å². The van der Waals surface area contributed by atoms with Crippen LogP contribution in [0.2, 0.25) is 0 Å². The highest BCUT2D eigenvalue weighted by atomic mass is 19.1. The summed E-state index contributed by atoms with van der Waals surface area (Å²) in [5, 5.41) is 3.00. The summed E-state index contributed by atoms with van der Waals surface area (Å²) in [7, 11) is 1.63. The zero-order chi connectivity index (χ0) is 11.7. The molecule has 2 rings (SSSR count). The average Bonchev–Trinajstić information content (AvgIpc) is 2.23. The van der Waals surface area contributed by atoms with E-state index in [1.54, 1.807) is 7.05 Å². The van der Waals surface area contributed by atoms with Crippen molar-refractivity contribution in [2.45, 2.75) is 6.67 Å². The van der Waals surface area contributed by atoms with Gasteiger partial charge in [0.2, 0.25) is 0 Å². The van der Waals surface area contributed by atoms with E-state index >= 15 is 0 Å². The van der Waals surface area contributed by atoms with E-state index in [0.29, 0.717) is 0 Å². The molecule has 84 valence electrons. The van der Waals surface area contributed by atoms with Crippen LogP contribution in [0.15, 0.2) is 27.8 Å². The third-order valence-corrected chi connectivity index (χ3v) is 2.26. The molecule has 0 atom stereocenters. The number of fused-ring (bicyclic) bond motifs is 1. The molecule has 0 aliphatic rings. The molecule has 1 aromatic carbocycles. The van der Waals surface area contributed by atoms with Gasteiger partial charge in [0.1, 0.15) is 5.82 Å². The zero-order valence-electron chi connectivity index (χ0n) is 8.58. The van der Waals surface area contributed by atoms with Crippen LogP contribution in [0.3, 0.4) is 0 Å². The van der Waals surface area contributed by atoms with Gasteiger partial charge in [-0.1, -0.05) is 0 Å². The van der Waals surface area contributed by atoms with Crippen LogP contribution >= 0.6 is 0 Å². The normalized spacial score (nSPS) is 10.9. The maximum atomic E-state index is 12.9. The van der Waals surface area contributed by atoms with Gasteiger partial charge in [-0.3, -0.25) is 4.79 Å². The number of benzene rings is 1. The molecule has 0 amide bonds. The predicted molar refractivity (Wildman–Crippen MR) is 57.8 cm³/mol. The maximum Gasteiger partial charge on any atom is 0.329 e. The van der Waals surface area contributed by atoms with E-state index < -0.39 is 17.1 Å². The summed E-state index contributed by atoms with van der Waals surface area (Å²) >= 11 is 0. The monoisotopic (exact) mass is 223 g/mol. The molecule has 6 heteroatoms. The first-order chi connectivity index (χ1) is 7.63. The summed E-state index contributed by atoms with van der Waals surface area (Å²) in [4.78, 5) is 25.8. The Morgan fingerprint density at radius 1 is 1.44 bits per heavy atom. The van der Waals surface area contributed by atoms with Crippen LogP contribution in [0.1, 0.15) is 0 Å². The second-order valence-electron chi connectivity index (χ2n) is 3.36. The molecule has 0 saturated heterocycles. The second-order valence-corrected chi connectivity index (χ2v) is 3.36. The molecule has 0 aliphatic heterocycles. The summed E-state index contributed by atoms with van der Waals surface area (Å²) in [6.07, 6.45) is 0. The number of rotatable bonds is 2. The smallest absolute Gasteiger partial charge is 0.307 e. The Morgan fingerprint density at radius 2 is 2.19 bits per heavy atom. The first kappa shape index (κ1) is 10.6. The Balaban J connectivity index is 2.84. The summed E-state index contributed by atoms with van der Waals surface area (Å²) < 4.78 is 13.9. The third kappa shape index (κ3) is 1.63. The summed E-state index contributed by atoms with van der Waals surface area (Å²) in [5.74, 6) is -0.492. The number of hydrogen-bond acceptors (Lipinski definition) is 3. The van der Waals surface area contributed by atoms with Gasteiger partial charge in [0.25, 0.3) is 5.56 Å². The highest BCUT2D eigenvalue weighted by Crippen LogP contribution is 2.06. The number of H-pyrrole nitrogens is 1. The third-order valence-electron chi connectivity index (χ3n) is 2.26. The van der Waals surface area contributed by atoms with E-state index in [0.717, 1.165) is 10.6 Å². The topological polar surface area (TPSA) is 66.9 Å². The minimum Gasteiger partial charge on any atom is -0.307 e. The van der Waals surface area contributed by atoms with Gasteiger partial charge in [0.15, 0.2) is 0 Å². The molecule has 0 spiro atoms. The van der Waals surface area contributed by atoms with Crippen LogP contribution in [0, 0.1) is 5.82 Å². The van der Waals surface area contributed by atoms with Crippen molar-refractivity contribution < 1.29 is 4.39 Å². The van der Waals surface area contributed by atoms with Gasteiger partial charge in [-0.2, -0.15) is 0 Å². The molecule has 0 aliphatic carbocycles. The molecule has 0 bridgehead atoms. The number of halogens is 1. The van der Waals surface area contributed by atoms with Crippen molar-refractivity contribution in [3.8, 4) is 0 Å². The molecule has 0 radical (unpaired) electrons. The highest BCUT2D eigenvalue weighted by Gasteiger charge is 2.06. The SMILES string of the molecule is CNCn1c(=O)[nH]c2cc(F)ccc2c1=O. The van der Waals surface area contributed by atoms with Crippen LogP contribution in [-0.2, 0) is 6.67 Å². The van der Waals surface area contributed by atoms with Crippen LogP contribution in [0.4, 0.5) is 4.39 Å². The fourth-order valence-electron chi connectivity index (χ4n) is 1.53. The van der Waals surface area contributed by atoms with E-state index in [4.69, 9.17) is 0 Å². The lowest BCUT2D eigenvalue weighted by molar-refractivity contribution is 0.573. The molecule has 1 aromatic heterocycles. The Kier molecular flexibility index (Phi) is 2.57. The van der Waals surface area contributed by atoms with E-state index in [-0.39, 0.29) is 17.6 Å². The van der Waals surface area contributed by atoms with Crippen molar-refractivity contribution in [2.24, 2.45) is 0 Å². The summed E-state index contributed by atoms with van der Waals surface area (Å²) in [6, 6.07) is 3.67. The van der Waals surface area contributed by atoms with Crippen molar-refractivity contribution in [1.82, 2.24) is 14.9 Å². The van der Waals surface area contributed by atoms with Crippen molar-refractivity contribution in [1.29, 1.82) is 0 Å². The van der Waals surface area contributed by atoms with E-state index in [2.05, 4.69) is 10.3 Å². The molecule has 0 saturated carbocycles. The summed E-state index contributed by atoms with van der Waals surface area (Å²) in [6.45, 7) is 0.113. The molecule has 5 nitrogen and oxygen atoms in total. The van der Waals surface area contributed by atoms with Crippen LogP contribution in [0.25, 0.3) is 10.9 Å². The second kappa shape index (κ2) is 3.90. The average molecular weight is 223 g/mol.